The summed E-state index contributed by atoms with van der Waals surface area (Å²) in [5.41, 5.74) is 2.46. The molecule has 0 fully saturated rings. The third kappa shape index (κ3) is 5.99. The van der Waals surface area contributed by atoms with Crippen LogP contribution in [0.3, 0.4) is 0 Å². The van der Waals surface area contributed by atoms with Crippen molar-refractivity contribution in [2.75, 3.05) is 23.8 Å². The van der Waals surface area contributed by atoms with Crippen LogP contribution in [0.25, 0.3) is 0 Å². The van der Waals surface area contributed by atoms with Gasteiger partial charge in [-0.15, -0.1) is 0 Å². The Balaban J connectivity index is 1.42. The fraction of sp³-hybridized carbons (Fsp3) is 0.136. The maximum Gasteiger partial charge on any atom is 0.243 e. The first-order chi connectivity index (χ1) is 13.6. The van der Waals surface area contributed by atoms with E-state index in [0.717, 1.165) is 12.2 Å². The number of hydrogen-bond donors (Lipinski definition) is 2. The monoisotopic (exact) mass is 398 g/mol. The molecule has 4 nitrogen and oxygen atoms in total. The summed E-state index contributed by atoms with van der Waals surface area (Å²) in [5, 5.41) is 5.69. The fourth-order valence-corrected chi connectivity index (χ4v) is 2.74. The van der Waals surface area contributed by atoms with Crippen LogP contribution in [0.5, 0.6) is 5.75 Å². The van der Waals surface area contributed by atoms with E-state index in [-0.39, 0.29) is 17.5 Å². The molecule has 0 atom stereocenters. The number of rotatable bonds is 8. The molecule has 0 saturated carbocycles. The molecule has 0 aliphatic heterocycles. The van der Waals surface area contributed by atoms with E-state index in [1.165, 1.54) is 23.8 Å². The minimum Gasteiger partial charge on any atom is -0.493 e. The van der Waals surface area contributed by atoms with E-state index in [1.807, 2.05) is 30.3 Å². The Morgan fingerprint density at radius 1 is 0.964 bits per heavy atom. The number of carbonyl (C=O) groups is 1. The van der Waals surface area contributed by atoms with E-state index < -0.39 is 5.82 Å². The molecule has 0 aromatic heterocycles. The van der Waals surface area contributed by atoms with Crippen LogP contribution >= 0.6 is 11.6 Å². The smallest absolute Gasteiger partial charge is 0.243 e. The van der Waals surface area contributed by atoms with Crippen molar-refractivity contribution in [2.24, 2.45) is 0 Å². The number of amides is 1. The lowest BCUT2D eigenvalue weighted by Crippen LogP contribution is -2.21. The molecule has 6 heteroatoms. The van der Waals surface area contributed by atoms with Crippen molar-refractivity contribution in [3.63, 3.8) is 0 Å². The third-order valence-corrected chi connectivity index (χ3v) is 4.30. The highest BCUT2D eigenvalue weighted by Gasteiger charge is 2.05. The first kappa shape index (κ1) is 19.7. The molecule has 144 valence electrons. The van der Waals surface area contributed by atoms with Gasteiger partial charge in [-0.3, -0.25) is 4.79 Å². The highest BCUT2D eigenvalue weighted by Crippen LogP contribution is 2.19. The SMILES string of the molecule is O=C(CNc1ccc(F)c(Cl)c1)Nc1ccc(OCCc2ccccc2)cc1. The number of anilines is 2. The van der Waals surface area contributed by atoms with Crippen LogP contribution in [0, 0.1) is 5.82 Å². The summed E-state index contributed by atoms with van der Waals surface area (Å²) in [6.07, 6.45) is 0.832. The molecular weight excluding hydrogens is 379 g/mol. The minimum atomic E-state index is -0.497. The first-order valence-electron chi connectivity index (χ1n) is 8.86. The van der Waals surface area contributed by atoms with E-state index in [0.29, 0.717) is 18.0 Å². The zero-order chi connectivity index (χ0) is 19.8. The molecule has 0 aliphatic carbocycles. The molecule has 3 rings (SSSR count). The van der Waals surface area contributed by atoms with Crippen molar-refractivity contribution in [3.8, 4) is 5.75 Å². The summed E-state index contributed by atoms with van der Waals surface area (Å²) in [6.45, 7) is 0.622. The zero-order valence-electron chi connectivity index (χ0n) is 15.1. The summed E-state index contributed by atoms with van der Waals surface area (Å²) in [6, 6.07) is 21.5. The van der Waals surface area contributed by atoms with Gasteiger partial charge in [-0.05, 0) is 48.0 Å². The average Bonchev–Trinajstić information content (AvgIpc) is 2.71. The van der Waals surface area contributed by atoms with E-state index >= 15 is 0 Å². The first-order valence-corrected chi connectivity index (χ1v) is 9.23. The van der Waals surface area contributed by atoms with Gasteiger partial charge in [0.25, 0.3) is 0 Å². The van der Waals surface area contributed by atoms with Gasteiger partial charge in [-0.25, -0.2) is 4.39 Å². The van der Waals surface area contributed by atoms with Crippen molar-refractivity contribution < 1.29 is 13.9 Å². The molecule has 3 aromatic rings. The Morgan fingerprint density at radius 2 is 1.68 bits per heavy atom. The number of hydrogen-bond acceptors (Lipinski definition) is 3. The van der Waals surface area contributed by atoms with Crippen LogP contribution in [-0.2, 0) is 11.2 Å². The van der Waals surface area contributed by atoms with Crippen molar-refractivity contribution in [3.05, 3.63) is 89.2 Å². The maximum atomic E-state index is 13.1. The van der Waals surface area contributed by atoms with Crippen LogP contribution < -0.4 is 15.4 Å². The molecule has 0 aliphatic rings. The van der Waals surface area contributed by atoms with Gasteiger partial charge in [0.15, 0.2) is 0 Å². The quantitative estimate of drug-likeness (QED) is 0.551. The number of nitrogens with one attached hydrogen (secondary N) is 2. The highest BCUT2D eigenvalue weighted by molar-refractivity contribution is 6.31. The second kappa shape index (κ2) is 9.76. The fourth-order valence-electron chi connectivity index (χ4n) is 2.56. The second-order valence-electron chi connectivity index (χ2n) is 6.14. The molecule has 1 amide bonds. The van der Waals surface area contributed by atoms with Crippen LogP contribution in [-0.4, -0.2) is 19.1 Å². The molecule has 0 bridgehead atoms. The predicted octanol–water partition coefficient (Wildman–Crippen LogP) is 5.15. The Labute approximate surface area is 168 Å². The minimum absolute atomic E-state index is 0.00765. The van der Waals surface area contributed by atoms with Gasteiger partial charge in [0, 0.05) is 17.8 Å². The normalized spacial score (nSPS) is 10.4. The molecule has 0 saturated heterocycles. The molecule has 0 spiro atoms. The topological polar surface area (TPSA) is 50.4 Å². The Bertz CT molecular complexity index is 918. The largest absolute Gasteiger partial charge is 0.493 e. The highest BCUT2D eigenvalue weighted by atomic mass is 35.5. The molecular formula is C22H20ClFN2O2. The molecule has 0 heterocycles. The van der Waals surface area contributed by atoms with Crippen molar-refractivity contribution in [1.82, 2.24) is 0 Å². The van der Waals surface area contributed by atoms with Crippen LogP contribution in [0.15, 0.2) is 72.8 Å². The van der Waals surface area contributed by atoms with Crippen molar-refractivity contribution in [2.45, 2.75) is 6.42 Å². The van der Waals surface area contributed by atoms with Crippen molar-refractivity contribution in [1.29, 1.82) is 0 Å². The second-order valence-corrected chi connectivity index (χ2v) is 6.55. The zero-order valence-corrected chi connectivity index (χ0v) is 15.9. The maximum absolute atomic E-state index is 13.1. The van der Waals surface area contributed by atoms with Gasteiger partial charge in [0.2, 0.25) is 5.91 Å². The Hall–Kier alpha value is -3.05. The molecule has 0 radical (unpaired) electrons. The third-order valence-electron chi connectivity index (χ3n) is 4.01. The number of ether oxygens (including phenoxy) is 1. The molecule has 28 heavy (non-hydrogen) atoms. The van der Waals surface area contributed by atoms with Gasteiger partial charge < -0.3 is 15.4 Å². The lowest BCUT2D eigenvalue weighted by Gasteiger charge is -2.10. The van der Waals surface area contributed by atoms with Crippen LogP contribution in [0.4, 0.5) is 15.8 Å². The van der Waals surface area contributed by atoms with Crippen molar-refractivity contribution >= 4 is 28.9 Å². The van der Waals surface area contributed by atoms with Gasteiger partial charge in [0.1, 0.15) is 11.6 Å². The van der Waals surface area contributed by atoms with Gasteiger partial charge in [0.05, 0.1) is 18.2 Å². The molecule has 2 N–H and O–H groups in total. The lowest BCUT2D eigenvalue weighted by atomic mass is 10.2. The summed E-state index contributed by atoms with van der Waals surface area (Å²) in [7, 11) is 0. The number of halogens is 2. The van der Waals surface area contributed by atoms with E-state index in [1.54, 1.807) is 12.1 Å². The summed E-state index contributed by atoms with van der Waals surface area (Å²) < 4.78 is 18.9. The summed E-state index contributed by atoms with van der Waals surface area (Å²) >= 11 is 5.72. The standard InChI is InChI=1S/C22H20ClFN2O2/c23-20-14-18(8-11-21(20)24)25-15-22(27)26-17-6-9-19(10-7-17)28-13-12-16-4-2-1-3-5-16/h1-11,14,25H,12-13,15H2,(H,26,27). The average molecular weight is 399 g/mol. The Kier molecular flexibility index (Phi) is 6.87. The molecule has 3 aromatic carbocycles. The van der Waals surface area contributed by atoms with E-state index in [9.17, 15) is 9.18 Å². The van der Waals surface area contributed by atoms with E-state index in [4.69, 9.17) is 16.3 Å². The van der Waals surface area contributed by atoms with Crippen LogP contribution in [0.1, 0.15) is 5.56 Å². The predicted molar refractivity (Wildman–Crippen MR) is 111 cm³/mol. The van der Waals surface area contributed by atoms with Crippen LogP contribution in [0.2, 0.25) is 5.02 Å². The van der Waals surface area contributed by atoms with E-state index in [2.05, 4.69) is 22.8 Å². The van der Waals surface area contributed by atoms with Gasteiger partial charge in [-0.1, -0.05) is 41.9 Å². The summed E-state index contributed by atoms with van der Waals surface area (Å²) in [5.74, 6) is 0.0222. The van der Waals surface area contributed by atoms with Gasteiger partial charge >= 0.3 is 0 Å². The Morgan fingerprint density at radius 3 is 2.39 bits per heavy atom. The van der Waals surface area contributed by atoms with Gasteiger partial charge in [-0.2, -0.15) is 0 Å². The molecule has 0 unspecified atom stereocenters. The summed E-state index contributed by atoms with van der Waals surface area (Å²) in [4.78, 5) is 12.0. The number of benzene rings is 3. The number of carbonyl (C=O) groups excluding carboxylic acids is 1. The lowest BCUT2D eigenvalue weighted by molar-refractivity contribution is -0.114.